The molecule has 3 N–H and O–H groups in total. The van der Waals surface area contributed by atoms with Gasteiger partial charge in [0.1, 0.15) is 0 Å². The second kappa shape index (κ2) is 4.92. The minimum atomic E-state index is -0.0314. The minimum absolute atomic E-state index is 0.0314. The molecule has 0 fully saturated rings. The van der Waals surface area contributed by atoms with Crippen LogP contribution in [0.3, 0.4) is 0 Å². The second-order valence-corrected chi connectivity index (χ2v) is 4.72. The smallest absolute Gasteiger partial charge is 0.0880 e. The number of nitrogens with one attached hydrogen (secondary N) is 1. The zero-order valence-corrected chi connectivity index (χ0v) is 11.4. The summed E-state index contributed by atoms with van der Waals surface area (Å²) >= 11 is 0. The summed E-state index contributed by atoms with van der Waals surface area (Å²) in [6.07, 6.45) is 0. The Morgan fingerprint density at radius 3 is 2.56 bits per heavy atom. The topological polar surface area (TPSA) is 55.9 Å². The Morgan fingerprint density at radius 2 is 2.00 bits per heavy atom. The number of hydrazine groups is 1. The van der Waals surface area contributed by atoms with Crippen LogP contribution >= 0.6 is 0 Å². The van der Waals surface area contributed by atoms with Crippen molar-refractivity contribution in [3.8, 4) is 0 Å². The first-order valence-electron chi connectivity index (χ1n) is 6.07. The molecule has 96 valence electrons. The monoisotopic (exact) mass is 244 g/mol. The van der Waals surface area contributed by atoms with Gasteiger partial charge >= 0.3 is 0 Å². The summed E-state index contributed by atoms with van der Waals surface area (Å²) in [5, 5.41) is 4.38. The van der Waals surface area contributed by atoms with Crippen LogP contribution in [-0.2, 0) is 7.05 Å². The lowest BCUT2D eigenvalue weighted by molar-refractivity contribution is 0.572. The molecule has 0 bridgehead atoms. The highest BCUT2D eigenvalue weighted by molar-refractivity contribution is 5.39. The number of nitrogens with two attached hydrogens (primary N) is 1. The van der Waals surface area contributed by atoms with Gasteiger partial charge in [0.05, 0.1) is 17.4 Å². The number of nitrogens with zero attached hydrogens (tertiary/aromatic N) is 2. The van der Waals surface area contributed by atoms with Crippen molar-refractivity contribution in [1.29, 1.82) is 0 Å². The van der Waals surface area contributed by atoms with E-state index in [1.54, 1.807) is 0 Å². The van der Waals surface area contributed by atoms with E-state index in [2.05, 4.69) is 48.6 Å². The largest absolute Gasteiger partial charge is 0.271 e. The zero-order valence-electron chi connectivity index (χ0n) is 11.4. The Labute approximate surface area is 108 Å². The Bertz CT molecular complexity index is 557. The summed E-state index contributed by atoms with van der Waals surface area (Å²) in [7, 11) is 1.94. The molecular formula is C14H20N4. The molecule has 0 radical (unpaired) electrons. The lowest BCUT2D eigenvalue weighted by Gasteiger charge is -2.19. The molecule has 0 saturated heterocycles. The van der Waals surface area contributed by atoms with Gasteiger partial charge in [-0.05, 0) is 43.5 Å². The van der Waals surface area contributed by atoms with Crippen LogP contribution in [0.2, 0.25) is 0 Å². The van der Waals surface area contributed by atoms with Crippen molar-refractivity contribution in [2.45, 2.75) is 26.8 Å². The third kappa shape index (κ3) is 2.17. The van der Waals surface area contributed by atoms with Crippen molar-refractivity contribution in [2.75, 3.05) is 0 Å². The highest BCUT2D eigenvalue weighted by atomic mass is 15.3. The predicted molar refractivity (Wildman–Crippen MR) is 73.0 cm³/mol. The van der Waals surface area contributed by atoms with Gasteiger partial charge in [0, 0.05) is 7.05 Å². The molecule has 0 saturated carbocycles. The average Bonchev–Trinajstić information content (AvgIpc) is 2.65. The van der Waals surface area contributed by atoms with Crippen molar-refractivity contribution in [2.24, 2.45) is 12.9 Å². The summed E-state index contributed by atoms with van der Waals surface area (Å²) in [6, 6.07) is 8.31. The summed E-state index contributed by atoms with van der Waals surface area (Å²) in [5.41, 5.74) is 8.70. The van der Waals surface area contributed by atoms with Gasteiger partial charge in [0.25, 0.3) is 0 Å². The summed E-state index contributed by atoms with van der Waals surface area (Å²) in [4.78, 5) is 0. The van der Waals surface area contributed by atoms with Gasteiger partial charge in [-0.1, -0.05) is 18.2 Å². The molecule has 1 atom stereocenters. The quantitative estimate of drug-likeness (QED) is 0.640. The van der Waals surface area contributed by atoms with Crippen molar-refractivity contribution in [3.05, 3.63) is 52.3 Å². The van der Waals surface area contributed by atoms with E-state index in [9.17, 15) is 0 Å². The molecule has 0 spiro atoms. The zero-order chi connectivity index (χ0) is 13.3. The van der Waals surface area contributed by atoms with E-state index < -0.39 is 0 Å². The van der Waals surface area contributed by atoms with E-state index in [0.717, 1.165) is 11.4 Å². The Morgan fingerprint density at radius 1 is 1.28 bits per heavy atom. The lowest BCUT2D eigenvalue weighted by Crippen LogP contribution is -2.31. The Hall–Kier alpha value is -1.65. The molecule has 4 nitrogen and oxygen atoms in total. The summed E-state index contributed by atoms with van der Waals surface area (Å²) in [6.45, 7) is 6.22. The van der Waals surface area contributed by atoms with E-state index >= 15 is 0 Å². The average molecular weight is 244 g/mol. The van der Waals surface area contributed by atoms with Gasteiger partial charge in [-0.15, -0.1) is 0 Å². The molecule has 0 aliphatic carbocycles. The van der Waals surface area contributed by atoms with Crippen LogP contribution in [0.5, 0.6) is 0 Å². The molecule has 0 amide bonds. The van der Waals surface area contributed by atoms with Crippen molar-refractivity contribution >= 4 is 0 Å². The minimum Gasteiger partial charge on any atom is -0.271 e. The molecular weight excluding hydrogens is 224 g/mol. The van der Waals surface area contributed by atoms with Gasteiger partial charge in [0.15, 0.2) is 0 Å². The molecule has 2 aromatic rings. The van der Waals surface area contributed by atoms with E-state index in [0.29, 0.717) is 0 Å². The maximum atomic E-state index is 5.74. The first-order valence-corrected chi connectivity index (χ1v) is 6.07. The number of benzene rings is 1. The number of rotatable bonds is 3. The van der Waals surface area contributed by atoms with Gasteiger partial charge in [-0.25, -0.2) is 5.43 Å². The van der Waals surface area contributed by atoms with Crippen LogP contribution in [-0.4, -0.2) is 9.78 Å². The van der Waals surface area contributed by atoms with Crippen LogP contribution in [0.15, 0.2) is 24.3 Å². The number of aryl methyl sites for hydroxylation is 3. The first kappa shape index (κ1) is 12.8. The third-order valence-electron chi connectivity index (χ3n) is 3.46. The fourth-order valence-electron chi connectivity index (χ4n) is 2.32. The highest BCUT2D eigenvalue weighted by Crippen LogP contribution is 2.26. The Kier molecular flexibility index (Phi) is 3.50. The first-order chi connectivity index (χ1) is 8.54. The lowest BCUT2D eigenvalue weighted by atomic mass is 9.96. The van der Waals surface area contributed by atoms with Gasteiger partial charge in [-0.3, -0.25) is 10.5 Å². The van der Waals surface area contributed by atoms with Crippen LogP contribution in [0, 0.1) is 20.8 Å². The van der Waals surface area contributed by atoms with Crippen LogP contribution < -0.4 is 11.3 Å². The van der Waals surface area contributed by atoms with Gasteiger partial charge in [0.2, 0.25) is 0 Å². The Balaban J connectivity index is 2.52. The second-order valence-electron chi connectivity index (χ2n) is 4.72. The number of hydrogen-bond donors (Lipinski definition) is 2. The normalized spacial score (nSPS) is 12.7. The highest BCUT2D eigenvalue weighted by Gasteiger charge is 2.19. The van der Waals surface area contributed by atoms with Crippen molar-refractivity contribution in [1.82, 2.24) is 15.2 Å². The van der Waals surface area contributed by atoms with Crippen LogP contribution in [0.4, 0.5) is 0 Å². The van der Waals surface area contributed by atoms with Gasteiger partial charge in [-0.2, -0.15) is 5.10 Å². The van der Waals surface area contributed by atoms with E-state index in [-0.39, 0.29) is 6.04 Å². The molecule has 1 heterocycles. The molecule has 1 aromatic heterocycles. The maximum Gasteiger partial charge on any atom is 0.0880 e. The molecule has 0 aliphatic rings. The predicted octanol–water partition coefficient (Wildman–Crippen LogP) is 1.90. The maximum absolute atomic E-state index is 5.74. The molecule has 2 rings (SSSR count). The molecule has 18 heavy (non-hydrogen) atoms. The van der Waals surface area contributed by atoms with E-state index in [1.807, 2.05) is 18.7 Å². The summed E-state index contributed by atoms with van der Waals surface area (Å²) < 4.78 is 1.88. The fourth-order valence-corrected chi connectivity index (χ4v) is 2.32. The number of aromatic nitrogens is 2. The summed E-state index contributed by atoms with van der Waals surface area (Å²) in [5.74, 6) is 5.74. The van der Waals surface area contributed by atoms with Crippen molar-refractivity contribution < 1.29 is 0 Å². The van der Waals surface area contributed by atoms with Crippen LogP contribution in [0.25, 0.3) is 0 Å². The fraction of sp³-hybridized carbons (Fsp3) is 0.357. The van der Waals surface area contributed by atoms with Crippen molar-refractivity contribution in [3.63, 3.8) is 0 Å². The molecule has 1 unspecified atom stereocenters. The van der Waals surface area contributed by atoms with E-state index in [1.165, 1.54) is 16.7 Å². The third-order valence-corrected chi connectivity index (χ3v) is 3.46. The number of hydrogen-bond acceptors (Lipinski definition) is 3. The van der Waals surface area contributed by atoms with Crippen LogP contribution in [0.1, 0.15) is 34.1 Å². The SMILES string of the molecule is Cc1cc(C(NN)c2cccc(C)c2C)n(C)n1. The standard InChI is InChI=1S/C14H20N4/c1-9-6-5-7-12(11(9)3)14(16-15)13-8-10(2)17-18(13)4/h5-8,14,16H,15H2,1-4H3. The van der Waals surface area contributed by atoms with E-state index in [4.69, 9.17) is 5.84 Å². The molecule has 4 heteroatoms. The molecule has 1 aromatic carbocycles. The van der Waals surface area contributed by atoms with Gasteiger partial charge < -0.3 is 0 Å². The molecule has 0 aliphatic heterocycles.